The van der Waals surface area contributed by atoms with Gasteiger partial charge in [0.2, 0.25) is 5.60 Å². The zero-order chi connectivity index (χ0) is 44.5. The molecule has 322 valence electrons. The van der Waals surface area contributed by atoms with E-state index in [9.17, 15) is 24.3 Å². The number of hydrogen-bond donors (Lipinski definition) is 2. The number of carbonyl (C=O) groups is 4. The van der Waals surface area contributed by atoms with E-state index in [0.29, 0.717) is 10.7 Å². The van der Waals surface area contributed by atoms with Crippen LogP contribution in [0.5, 0.6) is 0 Å². The number of anilines is 1. The van der Waals surface area contributed by atoms with Crippen molar-refractivity contribution in [1.82, 2.24) is 19.6 Å². The molecule has 2 N–H and O–H groups in total. The number of fused-ring (bicyclic) bond motifs is 2. The first kappa shape index (κ1) is 42.9. The van der Waals surface area contributed by atoms with Gasteiger partial charge in [-0.3, -0.25) is 14.5 Å². The van der Waals surface area contributed by atoms with Crippen molar-refractivity contribution < 1.29 is 38.4 Å². The van der Waals surface area contributed by atoms with Crippen LogP contribution in [0.25, 0.3) is 5.65 Å². The molecule has 0 bridgehead atoms. The molecule has 2 aliphatic heterocycles. The number of carboxylic acid groups (broad SMARTS) is 1. The Morgan fingerprint density at radius 1 is 0.873 bits per heavy atom. The number of hydrogen-bond acceptors (Lipinski definition) is 12. The predicted octanol–water partition coefficient (Wildman–Crippen LogP) is 5.03. The number of oxime groups is 1. The highest BCUT2D eigenvalue weighted by atomic mass is 32.2. The quantitative estimate of drug-likeness (QED) is 0.0378. The summed E-state index contributed by atoms with van der Waals surface area (Å²) >= 11 is 2.55. The van der Waals surface area contributed by atoms with Crippen molar-refractivity contribution in [3.8, 4) is 0 Å². The number of nitrogens with one attached hydrogen (secondary N) is 2. The molecule has 16 heteroatoms. The Morgan fingerprint density at radius 2 is 1.48 bits per heavy atom. The molecule has 1 fully saturated rings. The Bertz CT molecular complexity index is 2650. The van der Waals surface area contributed by atoms with E-state index in [1.165, 1.54) is 41.8 Å². The van der Waals surface area contributed by atoms with Crippen molar-refractivity contribution >= 4 is 63.3 Å². The van der Waals surface area contributed by atoms with E-state index in [1.807, 2.05) is 137 Å². The van der Waals surface area contributed by atoms with Gasteiger partial charge in [-0.2, -0.15) is 0 Å². The van der Waals surface area contributed by atoms with Crippen LogP contribution in [0.1, 0.15) is 57.0 Å². The fourth-order valence-electron chi connectivity index (χ4n) is 7.57. The summed E-state index contributed by atoms with van der Waals surface area (Å²) in [6.07, 6.45) is 5.58. The van der Waals surface area contributed by atoms with E-state index in [4.69, 9.17) is 14.6 Å². The minimum atomic E-state index is -1.64. The van der Waals surface area contributed by atoms with E-state index in [1.54, 1.807) is 26.2 Å². The molecular formula is C47H45N7O7S2. The summed E-state index contributed by atoms with van der Waals surface area (Å²) in [5, 5.41) is 24.7. The van der Waals surface area contributed by atoms with Crippen molar-refractivity contribution in [3.63, 3.8) is 0 Å². The van der Waals surface area contributed by atoms with Crippen LogP contribution in [0.15, 0.2) is 150 Å². The number of imidazole rings is 1. The van der Waals surface area contributed by atoms with E-state index in [0.717, 1.165) is 22.3 Å². The number of β-lactam (4-membered cyclic amide) rings is 1. The maximum atomic E-state index is 14.4. The number of nitrogens with zero attached hydrogens (tertiary/aromatic N) is 5. The number of carboxylic acids is 1. The lowest BCUT2D eigenvalue weighted by molar-refractivity contribution is -0.662. The summed E-state index contributed by atoms with van der Waals surface area (Å²) in [5.74, 6) is -3.39. The fourth-order valence-corrected chi connectivity index (χ4v) is 9.66. The van der Waals surface area contributed by atoms with Gasteiger partial charge in [-0.1, -0.05) is 102 Å². The number of esters is 1. The number of rotatable bonds is 14. The highest BCUT2D eigenvalue weighted by Crippen LogP contribution is 2.42. The van der Waals surface area contributed by atoms with Gasteiger partial charge < -0.3 is 30.1 Å². The first-order valence-corrected chi connectivity index (χ1v) is 22.1. The largest absolute Gasteiger partial charge is 0.543 e. The lowest BCUT2D eigenvalue weighted by Gasteiger charge is -2.50. The summed E-state index contributed by atoms with van der Waals surface area (Å²) in [4.78, 5) is 66.0. The van der Waals surface area contributed by atoms with Crippen LogP contribution in [-0.2, 0) is 40.8 Å². The van der Waals surface area contributed by atoms with Crippen molar-refractivity contribution in [2.24, 2.45) is 5.16 Å². The summed E-state index contributed by atoms with van der Waals surface area (Å²) in [6, 6.07) is 34.4. The second-order valence-corrected chi connectivity index (χ2v) is 18.5. The van der Waals surface area contributed by atoms with Crippen LogP contribution >= 0.6 is 23.1 Å². The second-order valence-electron chi connectivity index (χ2n) is 16.5. The van der Waals surface area contributed by atoms with Crippen LogP contribution in [0, 0.1) is 0 Å². The number of aliphatic carboxylic acids is 1. The molecule has 1 saturated heterocycles. The molecule has 3 aromatic heterocycles. The van der Waals surface area contributed by atoms with E-state index >= 15 is 0 Å². The smallest absolute Gasteiger partial charge is 0.353 e. The van der Waals surface area contributed by atoms with E-state index < -0.39 is 51.9 Å². The van der Waals surface area contributed by atoms with Gasteiger partial charge in [0.05, 0.1) is 17.9 Å². The third-order valence-corrected chi connectivity index (χ3v) is 12.7. The molecule has 6 aromatic rings. The lowest BCUT2D eigenvalue weighted by atomic mass is 9.77. The minimum Gasteiger partial charge on any atom is -0.543 e. The van der Waals surface area contributed by atoms with Gasteiger partial charge in [0.1, 0.15) is 47.2 Å². The molecule has 0 radical (unpaired) electrons. The van der Waals surface area contributed by atoms with E-state index in [-0.39, 0.29) is 29.4 Å². The Hall–Kier alpha value is -6.78. The molecule has 2 aliphatic rings. The van der Waals surface area contributed by atoms with Gasteiger partial charge in [0.25, 0.3) is 17.5 Å². The Labute approximate surface area is 372 Å². The normalized spacial score (nSPS) is 16.9. The molecule has 63 heavy (non-hydrogen) atoms. The van der Waals surface area contributed by atoms with Gasteiger partial charge in [-0.25, -0.2) is 18.7 Å². The molecule has 3 aromatic carbocycles. The highest BCUT2D eigenvalue weighted by molar-refractivity contribution is 8.00. The number of ether oxygens (including phenoxy) is 1. The summed E-state index contributed by atoms with van der Waals surface area (Å²) < 4.78 is 9.37. The Morgan fingerprint density at radius 3 is 2.06 bits per heavy atom. The zero-order valence-corrected chi connectivity index (χ0v) is 36.8. The van der Waals surface area contributed by atoms with Crippen LogP contribution in [0.3, 0.4) is 0 Å². The van der Waals surface area contributed by atoms with Crippen molar-refractivity contribution in [2.75, 3.05) is 11.1 Å². The predicted molar refractivity (Wildman–Crippen MR) is 237 cm³/mol. The third-order valence-electron chi connectivity index (χ3n) is 10.6. The number of aromatic nitrogens is 3. The maximum Gasteiger partial charge on any atom is 0.353 e. The zero-order valence-electron chi connectivity index (χ0n) is 35.2. The average molecular weight is 884 g/mol. The number of thiazole rings is 1. The Balaban J connectivity index is 1.11. The number of pyridine rings is 1. The van der Waals surface area contributed by atoms with Gasteiger partial charge >= 0.3 is 5.97 Å². The summed E-state index contributed by atoms with van der Waals surface area (Å²) in [5.41, 5.74) is 0.267. The van der Waals surface area contributed by atoms with Gasteiger partial charge in [0, 0.05) is 22.8 Å². The number of benzene rings is 3. The molecule has 0 saturated carbocycles. The Kier molecular flexibility index (Phi) is 11.7. The molecule has 0 unspecified atom stereocenters. The second kappa shape index (κ2) is 17.2. The standard InChI is InChI=1S/C47H45N7O7S2/c1-45(2,3)60-43(59)46(4,5)61-51-36(34-29-63-44(48-34)50-47(31-17-9-6-10-18-31,32-19-11-7-12-20-32)33-21-13-8-14-22-33)39(55)49-37-40(56)54-38(42(57)58)30(28-62-41(37)54)27-53-26-25-52-24-16-15-23-35(52)53/h6-26,29,37,41H,27-28H2,1-5H3,(H2-,48,49,50,55,57,58)/b51-36-/t37-,41+/m1/s1. The fraction of sp³-hybridized carbons (Fsp3) is 0.255. The topological polar surface area (TPSA) is 171 Å². The van der Waals surface area contributed by atoms with Crippen LogP contribution < -0.4 is 20.3 Å². The number of thioether (sulfide) groups is 1. The molecular weight excluding hydrogens is 839 g/mol. The van der Waals surface area contributed by atoms with Crippen LogP contribution in [0.2, 0.25) is 0 Å². The molecule has 8 rings (SSSR count). The van der Waals surface area contributed by atoms with Crippen LogP contribution in [0.4, 0.5) is 5.13 Å². The van der Waals surface area contributed by atoms with Gasteiger partial charge in [-0.15, -0.1) is 23.1 Å². The SMILES string of the molecule is CC(C)(C)OC(=O)C(C)(C)O/N=C(\C(=O)N[C@@H]1C(=O)N2C(C(=O)[O-])=C(C[n+]3ccn4ccccc43)CS[C@@H]12)c1csc(NC(c2ccccc2)(c2ccccc2)c2ccccc2)n1. The molecule has 2 amide bonds. The molecule has 2 atom stereocenters. The average Bonchev–Trinajstić information content (AvgIpc) is 3.91. The maximum absolute atomic E-state index is 14.4. The van der Waals surface area contributed by atoms with E-state index in [2.05, 4.69) is 15.8 Å². The van der Waals surface area contributed by atoms with Crippen LogP contribution in [-0.4, -0.2) is 72.1 Å². The van der Waals surface area contributed by atoms with Gasteiger partial charge in [0.15, 0.2) is 10.8 Å². The minimum absolute atomic E-state index is 0.0948. The lowest BCUT2D eigenvalue weighted by Crippen LogP contribution is -2.71. The summed E-state index contributed by atoms with van der Waals surface area (Å²) in [7, 11) is 0. The molecule has 0 spiro atoms. The molecule has 14 nitrogen and oxygen atoms in total. The first-order chi connectivity index (χ1) is 30.2. The monoisotopic (exact) mass is 883 g/mol. The molecule has 0 aliphatic carbocycles. The third kappa shape index (κ3) is 8.55. The van der Waals surface area contributed by atoms with Crippen molar-refractivity contribution in [2.45, 2.75) is 69.3 Å². The number of carbonyl (C=O) groups excluding carboxylic acids is 4. The van der Waals surface area contributed by atoms with Crippen molar-refractivity contribution in [3.05, 3.63) is 167 Å². The highest BCUT2D eigenvalue weighted by Gasteiger charge is 2.53. The van der Waals surface area contributed by atoms with Gasteiger partial charge in [-0.05, 0) is 57.4 Å². The summed E-state index contributed by atoms with van der Waals surface area (Å²) in [6.45, 7) is 8.32. The molecule has 5 heterocycles. The van der Waals surface area contributed by atoms with Crippen molar-refractivity contribution in [1.29, 1.82) is 0 Å². The number of amides is 2. The first-order valence-electron chi connectivity index (χ1n) is 20.2.